The van der Waals surface area contributed by atoms with Crippen LogP contribution < -0.4 is 14.4 Å². The van der Waals surface area contributed by atoms with Crippen LogP contribution in [-0.2, 0) is 0 Å². The average Bonchev–Trinajstić information content (AvgIpc) is 2.69. The van der Waals surface area contributed by atoms with Crippen LogP contribution in [0.4, 0.5) is 14.5 Å². The predicted octanol–water partition coefficient (Wildman–Crippen LogP) is 2.30. The molecule has 0 aromatic heterocycles. The maximum absolute atomic E-state index is 13.1. The number of ether oxygens (including phenoxy) is 2. The predicted molar refractivity (Wildman–Crippen MR) is 59.2 cm³/mol. The third-order valence-corrected chi connectivity index (χ3v) is 3.06. The summed E-state index contributed by atoms with van der Waals surface area (Å²) in [4.78, 5) is 1.68. The van der Waals surface area contributed by atoms with Crippen LogP contribution in [0.15, 0.2) is 18.2 Å². The van der Waals surface area contributed by atoms with Crippen molar-refractivity contribution < 1.29 is 18.3 Å². The first-order valence-corrected chi connectivity index (χ1v) is 5.66. The van der Waals surface area contributed by atoms with Gasteiger partial charge in [0, 0.05) is 24.7 Å². The number of halogens is 2. The van der Waals surface area contributed by atoms with Gasteiger partial charge in [0.05, 0.1) is 6.54 Å². The van der Waals surface area contributed by atoms with Gasteiger partial charge in [-0.05, 0) is 12.1 Å². The summed E-state index contributed by atoms with van der Waals surface area (Å²) in [5.41, 5.74) is 0.770. The van der Waals surface area contributed by atoms with Crippen molar-refractivity contribution in [3.8, 4) is 11.5 Å². The summed E-state index contributed by atoms with van der Waals surface area (Å²) in [6.45, 7) is 1.21. The number of anilines is 1. The molecule has 1 fully saturated rings. The molecule has 92 valence electrons. The summed E-state index contributed by atoms with van der Waals surface area (Å²) in [7, 11) is 0. The van der Waals surface area contributed by atoms with E-state index in [0.29, 0.717) is 31.3 Å². The molecule has 3 rings (SSSR count). The van der Waals surface area contributed by atoms with E-state index in [2.05, 4.69) is 0 Å². The van der Waals surface area contributed by atoms with Crippen LogP contribution in [0.3, 0.4) is 0 Å². The number of rotatable bonds is 1. The molecule has 0 aliphatic carbocycles. The van der Waals surface area contributed by atoms with Crippen LogP contribution in [0.1, 0.15) is 6.42 Å². The van der Waals surface area contributed by atoms with E-state index in [9.17, 15) is 8.78 Å². The molecule has 0 amide bonds. The highest BCUT2D eigenvalue weighted by atomic mass is 19.3. The molecular weight excluding hydrogens is 228 g/mol. The lowest BCUT2D eigenvalue weighted by Gasteiger charge is -2.23. The van der Waals surface area contributed by atoms with Crippen LogP contribution >= 0.6 is 0 Å². The minimum absolute atomic E-state index is 0.0819. The lowest BCUT2D eigenvalue weighted by molar-refractivity contribution is 0.0257. The highest BCUT2D eigenvalue weighted by Crippen LogP contribution is 2.37. The van der Waals surface area contributed by atoms with E-state index in [1.807, 2.05) is 0 Å². The summed E-state index contributed by atoms with van der Waals surface area (Å²) in [6, 6.07) is 5.35. The quantitative estimate of drug-likeness (QED) is 0.753. The molecule has 0 unspecified atom stereocenters. The average molecular weight is 241 g/mol. The molecule has 0 bridgehead atoms. The van der Waals surface area contributed by atoms with Crippen molar-refractivity contribution in [2.24, 2.45) is 0 Å². The van der Waals surface area contributed by atoms with E-state index >= 15 is 0 Å². The van der Waals surface area contributed by atoms with E-state index in [1.165, 1.54) is 0 Å². The van der Waals surface area contributed by atoms with E-state index in [0.717, 1.165) is 5.69 Å². The zero-order valence-corrected chi connectivity index (χ0v) is 9.29. The van der Waals surface area contributed by atoms with Crippen molar-refractivity contribution in [1.82, 2.24) is 0 Å². The molecule has 2 aliphatic heterocycles. The van der Waals surface area contributed by atoms with Gasteiger partial charge in [0.15, 0.2) is 11.5 Å². The van der Waals surface area contributed by atoms with E-state index < -0.39 is 5.92 Å². The Kier molecular flexibility index (Phi) is 2.34. The summed E-state index contributed by atoms with van der Waals surface area (Å²) < 4.78 is 37.1. The monoisotopic (exact) mass is 241 g/mol. The van der Waals surface area contributed by atoms with Crippen molar-refractivity contribution in [2.75, 3.05) is 31.2 Å². The fourth-order valence-corrected chi connectivity index (χ4v) is 2.19. The molecule has 2 aliphatic rings. The van der Waals surface area contributed by atoms with Gasteiger partial charge in [-0.2, -0.15) is 0 Å². The minimum atomic E-state index is -2.58. The highest BCUT2D eigenvalue weighted by molar-refractivity contribution is 5.57. The number of benzene rings is 1. The van der Waals surface area contributed by atoms with Crippen molar-refractivity contribution in [1.29, 1.82) is 0 Å². The first-order valence-electron chi connectivity index (χ1n) is 5.66. The molecule has 0 radical (unpaired) electrons. The van der Waals surface area contributed by atoms with Crippen LogP contribution in [0.25, 0.3) is 0 Å². The van der Waals surface area contributed by atoms with Gasteiger partial charge in [-0.3, -0.25) is 0 Å². The van der Waals surface area contributed by atoms with Crippen molar-refractivity contribution in [3.63, 3.8) is 0 Å². The molecule has 0 spiro atoms. The molecule has 1 aromatic rings. The van der Waals surface area contributed by atoms with Gasteiger partial charge < -0.3 is 14.4 Å². The fraction of sp³-hybridized carbons (Fsp3) is 0.500. The van der Waals surface area contributed by atoms with Gasteiger partial charge in [-0.15, -0.1) is 0 Å². The molecule has 2 heterocycles. The molecule has 1 saturated heterocycles. The Labute approximate surface area is 97.9 Å². The van der Waals surface area contributed by atoms with E-state index in [1.54, 1.807) is 23.1 Å². The molecule has 1 aromatic carbocycles. The number of alkyl halides is 2. The Bertz CT molecular complexity index is 437. The van der Waals surface area contributed by atoms with Crippen molar-refractivity contribution in [2.45, 2.75) is 12.3 Å². The highest BCUT2D eigenvalue weighted by Gasteiger charge is 2.38. The second-order valence-corrected chi connectivity index (χ2v) is 4.36. The first-order chi connectivity index (χ1) is 8.14. The maximum Gasteiger partial charge on any atom is 0.266 e. The molecule has 3 nitrogen and oxygen atoms in total. The topological polar surface area (TPSA) is 21.7 Å². The number of fused-ring (bicyclic) bond motifs is 1. The number of hydrogen-bond donors (Lipinski definition) is 0. The Morgan fingerprint density at radius 2 is 1.88 bits per heavy atom. The van der Waals surface area contributed by atoms with Crippen molar-refractivity contribution in [3.05, 3.63) is 18.2 Å². The lowest BCUT2D eigenvalue weighted by Crippen LogP contribution is -2.25. The van der Waals surface area contributed by atoms with Gasteiger partial charge in [-0.1, -0.05) is 0 Å². The van der Waals surface area contributed by atoms with Gasteiger partial charge in [0.25, 0.3) is 5.92 Å². The summed E-state index contributed by atoms with van der Waals surface area (Å²) in [6.07, 6.45) is -0.0819. The van der Waals surface area contributed by atoms with Gasteiger partial charge >= 0.3 is 0 Å². The standard InChI is InChI=1S/C12H13F2NO2/c13-12(14)3-4-15(8-12)9-1-2-10-11(7-9)17-6-5-16-10/h1-2,7H,3-6,8H2. The molecule has 0 saturated carbocycles. The largest absolute Gasteiger partial charge is 0.486 e. The number of nitrogens with zero attached hydrogens (tertiary/aromatic N) is 1. The Morgan fingerprint density at radius 1 is 1.12 bits per heavy atom. The van der Waals surface area contributed by atoms with Gasteiger partial charge in [-0.25, -0.2) is 8.78 Å². The fourth-order valence-electron chi connectivity index (χ4n) is 2.19. The Morgan fingerprint density at radius 3 is 2.59 bits per heavy atom. The van der Waals surface area contributed by atoms with Crippen LogP contribution in [0.5, 0.6) is 11.5 Å². The SMILES string of the molecule is FC1(F)CCN(c2ccc3c(c2)OCCO3)C1. The van der Waals surface area contributed by atoms with Gasteiger partial charge in [0.2, 0.25) is 0 Å². The molecular formula is C12H13F2NO2. The molecule has 5 heteroatoms. The normalized spacial score (nSPS) is 21.6. The minimum Gasteiger partial charge on any atom is -0.486 e. The van der Waals surface area contributed by atoms with E-state index in [4.69, 9.17) is 9.47 Å². The first kappa shape index (κ1) is 10.6. The molecule has 0 N–H and O–H groups in total. The Balaban J connectivity index is 1.84. The third kappa shape index (κ3) is 2.01. The van der Waals surface area contributed by atoms with Crippen LogP contribution in [0, 0.1) is 0 Å². The summed E-state index contributed by atoms with van der Waals surface area (Å²) in [5.74, 6) is -1.25. The zero-order valence-electron chi connectivity index (χ0n) is 9.29. The van der Waals surface area contributed by atoms with Crippen LogP contribution in [-0.4, -0.2) is 32.2 Å². The van der Waals surface area contributed by atoms with Crippen molar-refractivity contribution >= 4 is 5.69 Å². The summed E-state index contributed by atoms with van der Waals surface area (Å²) in [5, 5.41) is 0. The smallest absolute Gasteiger partial charge is 0.266 e. The second-order valence-electron chi connectivity index (χ2n) is 4.36. The third-order valence-electron chi connectivity index (χ3n) is 3.06. The lowest BCUT2D eigenvalue weighted by atomic mass is 10.2. The second kappa shape index (κ2) is 3.75. The number of hydrogen-bond acceptors (Lipinski definition) is 3. The Hall–Kier alpha value is -1.52. The van der Waals surface area contributed by atoms with Crippen LogP contribution in [0.2, 0.25) is 0 Å². The summed E-state index contributed by atoms with van der Waals surface area (Å²) >= 11 is 0. The molecule has 17 heavy (non-hydrogen) atoms. The molecule has 0 atom stereocenters. The van der Waals surface area contributed by atoms with E-state index in [-0.39, 0.29) is 13.0 Å². The zero-order chi connectivity index (χ0) is 11.9. The van der Waals surface area contributed by atoms with Gasteiger partial charge in [0.1, 0.15) is 13.2 Å². The maximum atomic E-state index is 13.1.